The van der Waals surface area contributed by atoms with Crippen LogP contribution in [0.4, 0.5) is 5.82 Å². The van der Waals surface area contributed by atoms with Crippen molar-refractivity contribution in [2.75, 3.05) is 30.8 Å². The molecule has 1 fully saturated rings. The molecule has 0 saturated carbocycles. The first-order chi connectivity index (χ1) is 9.67. The zero-order chi connectivity index (χ0) is 14.2. The molecule has 0 bridgehead atoms. The Morgan fingerprint density at radius 2 is 2.15 bits per heavy atom. The molecule has 0 amide bonds. The molecule has 0 unspecified atom stereocenters. The molecule has 1 saturated heterocycles. The number of rotatable bonds is 3. The van der Waals surface area contributed by atoms with Gasteiger partial charge in [-0.25, -0.2) is 9.50 Å². The number of thioether (sulfide) groups is 1. The lowest BCUT2D eigenvalue weighted by Gasteiger charge is -2.40. The van der Waals surface area contributed by atoms with Crippen molar-refractivity contribution < 1.29 is 0 Å². The summed E-state index contributed by atoms with van der Waals surface area (Å²) < 4.78 is 2.16. The lowest BCUT2D eigenvalue weighted by atomic mass is 9.96. The van der Waals surface area contributed by atoms with E-state index in [1.54, 1.807) is 0 Å². The molecule has 2 N–H and O–H groups in total. The summed E-state index contributed by atoms with van der Waals surface area (Å²) in [5.41, 5.74) is 8.07. The van der Waals surface area contributed by atoms with Crippen LogP contribution in [0.3, 0.4) is 0 Å². The van der Waals surface area contributed by atoms with Crippen LogP contribution in [0.5, 0.6) is 0 Å². The van der Waals surface area contributed by atoms with Crippen LogP contribution in [0, 0.1) is 6.92 Å². The minimum absolute atomic E-state index is 0.248. The first-order valence-corrected chi connectivity index (χ1v) is 8.21. The molecule has 0 aliphatic carbocycles. The van der Waals surface area contributed by atoms with Crippen molar-refractivity contribution in [1.29, 1.82) is 0 Å². The molecule has 0 atom stereocenters. The summed E-state index contributed by atoms with van der Waals surface area (Å²) in [7, 11) is 0. The molecule has 2 aromatic heterocycles. The van der Waals surface area contributed by atoms with Gasteiger partial charge in [0.2, 0.25) is 0 Å². The fourth-order valence-electron chi connectivity index (χ4n) is 2.89. The van der Waals surface area contributed by atoms with Gasteiger partial charge in [0.15, 0.2) is 5.82 Å². The number of hydrogen-bond acceptors (Lipinski definition) is 5. The van der Waals surface area contributed by atoms with Gasteiger partial charge in [-0.1, -0.05) is 0 Å². The number of aromatic nitrogens is 3. The molecule has 1 aliphatic rings. The van der Waals surface area contributed by atoms with Gasteiger partial charge in [-0.2, -0.15) is 16.9 Å². The van der Waals surface area contributed by atoms with E-state index in [0.29, 0.717) is 0 Å². The van der Waals surface area contributed by atoms with Gasteiger partial charge in [0, 0.05) is 36.8 Å². The summed E-state index contributed by atoms with van der Waals surface area (Å²) in [5, 5.41) is 4.46. The highest BCUT2D eigenvalue weighted by molar-refractivity contribution is 8.00. The second-order valence-corrected chi connectivity index (χ2v) is 6.72. The third-order valence-electron chi connectivity index (χ3n) is 4.27. The summed E-state index contributed by atoms with van der Waals surface area (Å²) in [6.07, 6.45) is 8.12. The smallest absolute Gasteiger partial charge is 0.154 e. The van der Waals surface area contributed by atoms with Crippen molar-refractivity contribution >= 4 is 23.1 Å². The Kier molecular flexibility index (Phi) is 3.60. The maximum absolute atomic E-state index is 5.96. The third kappa shape index (κ3) is 2.27. The van der Waals surface area contributed by atoms with E-state index in [1.807, 2.05) is 35.6 Å². The highest BCUT2D eigenvalue weighted by atomic mass is 32.2. The van der Waals surface area contributed by atoms with Crippen LogP contribution in [0.1, 0.15) is 18.5 Å². The zero-order valence-electron chi connectivity index (χ0n) is 12.0. The number of nitrogens with two attached hydrogens (primary N) is 1. The van der Waals surface area contributed by atoms with Crippen molar-refractivity contribution in [3.8, 4) is 0 Å². The van der Waals surface area contributed by atoms with Gasteiger partial charge >= 0.3 is 0 Å². The minimum Gasteiger partial charge on any atom is -0.355 e. The normalized spacial score (nSPS) is 18.6. The van der Waals surface area contributed by atoms with Gasteiger partial charge < -0.3 is 10.6 Å². The number of fused-ring (bicyclic) bond motifs is 1. The Labute approximate surface area is 123 Å². The van der Waals surface area contributed by atoms with Crippen LogP contribution in [0.15, 0.2) is 18.5 Å². The quantitative estimate of drug-likeness (QED) is 0.932. The van der Waals surface area contributed by atoms with Crippen LogP contribution in [0.25, 0.3) is 5.52 Å². The van der Waals surface area contributed by atoms with Gasteiger partial charge in [-0.05, 0) is 32.1 Å². The first kappa shape index (κ1) is 13.7. The van der Waals surface area contributed by atoms with Gasteiger partial charge in [-0.15, -0.1) is 0 Å². The highest BCUT2D eigenvalue weighted by Crippen LogP contribution is 2.35. The fourth-order valence-corrected chi connectivity index (χ4v) is 3.65. The molecule has 3 rings (SSSR count). The second kappa shape index (κ2) is 5.26. The van der Waals surface area contributed by atoms with Crippen LogP contribution in [0.2, 0.25) is 0 Å². The Balaban J connectivity index is 1.87. The average Bonchev–Trinajstić information content (AvgIpc) is 2.87. The molecule has 20 heavy (non-hydrogen) atoms. The number of nitrogens with zero attached hydrogens (tertiary/aromatic N) is 4. The minimum atomic E-state index is 0.248. The summed E-state index contributed by atoms with van der Waals surface area (Å²) in [6, 6.07) is 2.10. The van der Waals surface area contributed by atoms with E-state index >= 15 is 0 Å². The van der Waals surface area contributed by atoms with E-state index < -0.39 is 0 Å². The molecule has 108 valence electrons. The van der Waals surface area contributed by atoms with E-state index in [1.165, 1.54) is 0 Å². The molecular formula is C14H21N5S. The molecule has 6 heteroatoms. The molecule has 3 heterocycles. The van der Waals surface area contributed by atoms with Crippen molar-refractivity contribution in [2.45, 2.75) is 24.5 Å². The predicted molar refractivity (Wildman–Crippen MR) is 84.5 cm³/mol. The zero-order valence-corrected chi connectivity index (χ0v) is 12.9. The number of aryl methyl sites for hydroxylation is 1. The summed E-state index contributed by atoms with van der Waals surface area (Å²) in [5.74, 6) is 1.04. The standard InChI is InChI=1S/C14H21N5S/c1-11-9-12-13(16-5-8-19(12)17-11)18-6-3-14(10-15,20-2)4-7-18/h5,8-9H,3-4,6-7,10,15H2,1-2H3. The third-order valence-corrected chi connectivity index (χ3v) is 5.71. The summed E-state index contributed by atoms with van der Waals surface area (Å²) in [6.45, 7) is 4.79. The van der Waals surface area contributed by atoms with Crippen molar-refractivity contribution in [1.82, 2.24) is 14.6 Å². The number of hydrogen-bond donors (Lipinski definition) is 1. The van der Waals surface area contributed by atoms with E-state index in [2.05, 4.69) is 27.3 Å². The molecule has 0 aromatic carbocycles. The van der Waals surface area contributed by atoms with Gasteiger partial charge in [0.25, 0.3) is 0 Å². The Morgan fingerprint density at radius 1 is 1.40 bits per heavy atom. The molecule has 5 nitrogen and oxygen atoms in total. The van der Waals surface area contributed by atoms with Crippen molar-refractivity contribution in [3.05, 3.63) is 24.2 Å². The lowest BCUT2D eigenvalue weighted by molar-refractivity contribution is 0.455. The average molecular weight is 291 g/mol. The Bertz CT molecular complexity index is 595. The maximum Gasteiger partial charge on any atom is 0.154 e. The fraction of sp³-hybridized carbons (Fsp3) is 0.571. The monoisotopic (exact) mass is 291 g/mol. The van der Waals surface area contributed by atoms with Gasteiger partial charge in [0.1, 0.15) is 5.52 Å². The van der Waals surface area contributed by atoms with E-state index in [-0.39, 0.29) is 4.75 Å². The Hall–Kier alpha value is -1.27. The molecule has 1 aliphatic heterocycles. The largest absolute Gasteiger partial charge is 0.355 e. The molecule has 0 spiro atoms. The van der Waals surface area contributed by atoms with Crippen LogP contribution < -0.4 is 10.6 Å². The van der Waals surface area contributed by atoms with Crippen molar-refractivity contribution in [2.24, 2.45) is 5.73 Å². The van der Waals surface area contributed by atoms with E-state index in [4.69, 9.17) is 5.73 Å². The maximum atomic E-state index is 5.96. The number of piperidine rings is 1. The van der Waals surface area contributed by atoms with E-state index in [9.17, 15) is 0 Å². The SMILES string of the molecule is CSC1(CN)CCN(c2nccn3nc(C)cc23)CC1. The Morgan fingerprint density at radius 3 is 2.80 bits per heavy atom. The first-order valence-electron chi connectivity index (χ1n) is 6.99. The summed E-state index contributed by atoms with van der Waals surface area (Å²) >= 11 is 1.91. The molecular weight excluding hydrogens is 270 g/mol. The van der Waals surface area contributed by atoms with Crippen LogP contribution >= 0.6 is 11.8 Å². The second-order valence-electron chi connectivity index (χ2n) is 5.44. The van der Waals surface area contributed by atoms with Gasteiger partial charge in [0.05, 0.1) is 5.69 Å². The molecule has 2 aromatic rings. The summed E-state index contributed by atoms with van der Waals surface area (Å²) in [4.78, 5) is 6.93. The lowest BCUT2D eigenvalue weighted by Crippen LogP contribution is -2.46. The predicted octanol–water partition coefficient (Wildman–Crippen LogP) is 1.70. The number of anilines is 1. The van der Waals surface area contributed by atoms with E-state index in [0.717, 1.165) is 49.5 Å². The van der Waals surface area contributed by atoms with Crippen LogP contribution in [-0.2, 0) is 0 Å². The molecule has 0 radical (unpaired) electrons. The van der Waals surface area contributed by atoms with Crippen molar-refractivity contribution in [3.63, 3.8) is 0 Å². The van der Waals surface area contributed by atoms with Gasteiger partial charge in [-0.3, -0.25) is 0 Å². The highest BCUT2D eigenvalue weighted by Gasteiger charge is 2.33. The topological polar surface area (TPSA) is 59.5 Å². The van der Waals surface area contributed by atoms with Crippen LogP contribution in [-0.4, -0.2) is 45.2 Å².